The molecule has 0 heterocycles. The Balaban J connectivity index is 2.05. The Morgan fingerprint density at radius 3 is 2.23 bits per heavy atom. The molecule has 26 heavy (non-hydrogen) atoms. The highest BCUT2D eigenvalue weighted by Crippen LogP contribution is 2.19. The van der Waals surface area contributed by atoms with Gasteiger partial charge in [0.15, 0.2) is 6.10 Å². The van der Waals surface area contributed by atoms with Crippen molar-refractivity contribution in [3.05, 3.63) is 60.2 Å². The maximum atomic E-state index is 12.8. The molecule has 2 aromatic carbocycles. The molecule has 0 aliphatic rings. The summed E-state index contributed by atoms with van der Waals surface area (Å²) in [6, 6.07) is 16.6. The molecule has 2 amide bonds. The second-order valence-electron chi connectivity index (χ2n) is 5.90. The van der Waals surface area contributed by atoms with E-state index >= 15 is 0 Å². The van der Waals surface area contributed by atoms with Crippen molar-refractivity contribution in [1.29, 1.82) is 0 Å². The van der Waals surface area contributed by atoms with E-state index in [1.807, 2.05) is 30.3 Å². The van der Waals surface area contributed by atoms with Crippen molar-refractivity contribution in [2.45, 2.75) is 26.0 Å². The van der Waals surface area contributed by atoms with Gasteiger partial charge in [-0.1, -0.05) is 30.3 Å². The van der Waals surface area contributed by atoms with Crippen LogP contribution in [0, 0.1) is 0 Å². The Labute approximate surface area is 153 Å². The maximum Gasteiger partial charge on any atom is 0.263 e. The average molecular weight is 356 g/mol. The number of primary amides is 1. The minimum Gasteiger partial charge on any atom is -0.497 e. The van der Waals surface area contributed by atoms with Gasteiger partial charge in [-0.05, 0) is 36.8 Å². The molecule has 0 aliphatic heterocycles. The van der Waals surface area contributed by atoms with Crippen LogP contribution in [0.15, 0.2) is 54.6 Å². The highest BCUT2D eigenvalue weighted by Gasteiger charge is 2.22. The van der Waals surface area contributed by atoms with E-state index in [2.05, 4.69) is 0 Å². The van der Waals surface area contributed by atoms with E-state index in [1.54, 1.807) is 43.2 Å². The van der Waals surface area contributed by atoms with Crippen molar-refractivity contribution in [2.24, 2.45) is 5.73 Å². The summed E-state index contributed by atoms with van der Waals surface area (Å²) in [6.45, 7) is 2.33. The molecule has 0 saturated heterocycles. The van der Waals surface area contributed by atoms with Crippen LogP contribution in [0.2, 0.25) is 0 Å². The van der Waals surface area contributed by atoms with Gasteiger partial charge in [-0.15, -0.1) is 0 Å². The second kappa shape index (κ2) is 9.46. The first-order valence-corrected chi connectivity index (χ1v) is 8.41. The minimum absolute atomic E-state index is 0.105. The third-order valence-corrected chi connectivity index (χ3v) is 3.88. The number of hydrogen-bond donors (Lipinski definition) is 1. The number of hydrogen-bond acceptors (Lipinski definition) is 4. The SMILES string of the molecule is COc1ccc(OC(C)C(=O)N(CCC(N)=O)Cc2ccccc2)cc1. The molecule has 6 nitrogen and oxygen atoms in total. The molecule has 6 heteroatoms. The van der Waals surface area contributed by atoms with Gasteiger partial charge in [-0.3, -0.25) is 9.59 Å². The van der Waals surface area contributed by atoms with E-state index < -0.39 is 12.0 Å². The first-order valence-electron chi connectivity index (χ1n) is 8.41. The molecule has 0 saturated carbocycles. The molecule has 2 N–H and O–H groups in total. The van der Waals surface area contributed by atoms with Crippen molar-refractivity contribution >= 4 is 11.8 Å². The van der Waals surface area contributed by atoms with Gasteiger partial charge in [0, 0.05) is 19.5 Å². The van der Waals surface area contributed by atoms with E-state index in [0.717, 1.165) is 5.56 Å². The first-order chi connectivity index (χ1) is 12.5. The van der Waals surface area contributed by atoms with E-state index in [-0.39, 0.29) is 18.9 Å². The van der Waals surface area contributed by atoms with E-state index in [1.165, 1.54) is 0 Å². The first kappa shape index (κ1) is 19.3. The van der Waals surface area contributed by atoms with Crippen LogP contribution in [0.4, 0.5) is 0 Å². The number of nitrogens with two attached hydrogens (primary N) is 1. The average Bonchev–Trinajstić information content (AvgIpc) is 2.65. The molecule has 0 spiro atoms. The van der Waals surface area contributed by atoms with Crippen molar-refractivity contribution < 1.29 is 19.1 Å². The Morgan fingerprint density at radius 2 is 1.65 bits per heavy atom. The van der Waals surface area contributed by atoms with Gasteiger partial charge < -0.3 is 20.1 Å². The quantitative estimate of drug-likeness (QED) is 0.748. The maximum absolute atomic E-state index is 12.8. The van der Waals surface area contributed by atoms with Gasteiger partial charge in [0.05, 0.1) is 7.11 Å². The molecule has 0 radical (unpaired) electrons. The van der Waals surface area contributed by atoms with Crippen molar-refractivity contribution in [1.82, 2.24) is 4.90 Å². The lowest BCUT2D eigenvalue weighted by Gasteiger charge is -2.26. The predicted octanol–water partition coefficient (Wildman–Crippen LogP) is 2.37. The fraction of sp³-hybridized carbons (Fsp3) is 0.300. The molecule has 0 bridgehead atoms. The monoisotopic (exact) mass is 356 g/mol. The predicted molar refractivity (Wildman–Crippen MR) is 98.8 cm³/mol. The summed E-state index contributed by atoms with van der Waals surface area (Å²) in [7, 11) is 1.59. The fourth-order valence-electron chi connectivity index (χ4n) is 2.48. The standard InChI is InChI=1S/C20H24N2O4/c1-15(26-18-10-8-17(25-2)9-11-18)20(24)22(13-12-19(21)23)14-16-6-4-3-5-7-16/h3-11,15H,12-14H2,1-2H3,(H2,21,23). The van der Waals surface area contributed by atoms with Gasteiger partial charge in [0.2, 0.25) is 5.91 Å². The van der Waals surface area contributed by atoms with Gasteiger partial charge in [0.25, 0.3) is 5.91 Å². The number of benzene rings is 2. The molecule has 138 valence electrons. The second-order valence-corrected chi connectivity index (χ2v) is 5.90. The smallest absolute Gasteiger partial charge is 0.263 e. The summed E-state index contributed by atoms with van der Waals surface area (Å²) in [5.74, 6) is 0.634. The van der Waals surface area contributed by atoms with Crippen molar-refractivity contribution in [3.63, 3.8) is 0 Å². The van der Waals surface area contributed by atoms with E-state index in [0.29, 0.717) is 18.0 Å². The zero-order valence-corrected chi connectivity index (χ0v) is 15.1. The largest absolute Gasteiger partial charge is 0.497 e. The highest BCUT2D eigenvalue weighted by molar-refractivity contribution is 5.82. The van der Waals surface area contributed by atoms with Crippen LogP contribution < -0.4 is 15.2 Å². The van der Waals surface area contributed by atoms with Crippen LogP contribution >= 0.6 is 0 Å². The minimum atomic E-state index is -0.694. The van der Waals surface area contributed by atoms with Crippen LogP contribution in [-0.2, 0) is 16.1 Å². The van der Waals surface area contributed by atoms with Gasteiger partial charge in [-0.25, -0.2) is 0 Å². The van der Waals surface area contributed by atoms with E-state index in [4.69, 9.17) is 15.2 Å². The number of rotatable bonds is 9. The van der Waals surface area contributed by atoms with Crippen LogP contribution in [0.1, 0.15) is 18.9 Å². The summed E-state index contributed by atoms with van der Waals surface area (Å²) >= 11 is 0. The van der Waals surface area contributed by atoms with Crippen LogP contribution in [-0.4, -0.2) is 36.5 Å². The van der Waals surface area contributed by atoms with Gasteiger partial charge in [-0.2, -0.15) is 0 Å². The Kier molecular flexibility index (Phi) is 7.02. The summed E-state index contributed by atoms with van der Waals surface area (Å²) in [6.07, 6.45) is -0.589. The van der Waals surface area contributed by atoms with Gasteiger partial charge in [0.1, 0.15) is 11.5 Å². The van der Waals surface area contributed by atoms with Crippen molar-refractivity contribution in [3.8, 4) is 11.5 Å². The Bertz CT molecular complexity index is 716. The zero-order valence-electron chi connectivity index (χ0n) is 15.1. The van der Waals surface area contributed by atoms with Crippen LogP contribution in [0.25, 0.3) is 0 Å². The summed E-state index contributed by atoms with van der Waals surface area (Å²) < 4.78 is 10.8. The van der Waals surface area contributed by atoms with E-state index in [9.17, 15) is 9.59 Å². The topological polar surface area (TPSA) is 81.9 Å². The molecule has 2 rings (SSSR count). The molecular weight excluding hydrogens is 332 g/mol. The lowest BCUT2D eigenvalue weighted by atomic mass is 10.2. The van der Waals surface area contributed by atoms with Crippen molar-refractivity contribution in [2.75, 3.05) is 13.7 Å². The molecule has 0 aromatic heterocycles. The summed E-state index contributed by atoms with van der Waals surface area (Å²) in [5.41, 5.74) is 6.22. The molecule has 2 aromatic rings. The lowest BCUT2D eigenvalue weighted by molar-refractivity contribution is -0.139. The number of ether oxygens (including phenoxy) is 2. The summed E-state index contributed by atoms with van der Waals surface area (Å²) in [4.78, 5) is 25.5. The molecule has 1 unspecified atom stereocenters. The molecular formula is C20H24N2O4. The van der Waals surface area contributed by atoms with Crippen LogP contribution in [0.5, 0.6) is 11.5 Å². The third-order valence-electron chi connectivity index (χ3n) is 3.88. The molecule has 0 fully saturated rings. The Morgan fingerprint density at radius 1 is 1.04 bits per heavy atom. The lowest BCUT2D eigenvalue weighted by Crippen LogP contribution is -2.41. The number of amides is 2. The zero-order chi connectivity index (χ0) is 18.9. The Hall–Kier alpha value is -3.02. The summed E-state index contributed by atoms with van der Waals surface area (Å²) in [5, 5.41) is 0. The normalized spacial score (nSPS) is 11.5. The fourth-order valence-corrected chi connectivity index (χ4v) is 2.48. The third kappa shape index (κ3) is 5.81. The highest BCUT2D eigenvalue weighted by atomic mass is 16.5. The number of carbonyl (C=O) groups is 2. The van der Waals surface area contributed by atoms with Crippen LogP contribution in [0.3, 0.4) is 0 Å². The molecule has 0 aliphatic carbocycles. The molecule has 1 atom stereocenters. The number of methoxy groups -OCH3 is 1. The number of carbonyl (C=O) groups excluding carboxylic acids is 2. The van der Waals surface area contributed by atoms with Gasteiger partial charge >= 0.3 is 0 Å². The number of nitrogens with zero attached hydrogens (tertiary/aromatic N) is 1.